The van der Waals surface area contributed by atoms with Crippen LogP contribution in [0.5, 0.6) is 5.75 Å². The molecule has 1 aromatic rings. The highest BCUT2D eigenvalue weighted by Crippen LogP contribution is 2.20. The number of hydrogen-bond acceptors (Lipinski definition) is 2. The van der Waals surface area contributed by atoms with Gasteiger partial charge in [0.05, 0.1) is 21.3 Å². The molecule has 1 rings (SSSR count). The van der Waals surface area contributed by atoms with E-state index in [-0.39, 0.29) is 5.82 Å². The first-order valence-corrected chi connectivity index (χ1v) is 9.35. The van der Waals surface area contributed by atoms with Crippen molar-refractivity contribution in [2.45, 2.75) is 33.2 Å². The van der Waals surface area contributed by atoms with Crippen LogP contribution in [0.3, 0.4) is 0 Å². The maximum Gasteiger partial charge on any atom is 0.131 e. The van der Waals surface area contributed by atoms with E-state index in [9.17, 15) is 4.39 Å². The van der Waals surface area contributed by atoms with Gasteiger partial charge in [0.1, 0.15) is 11.6 Å². The third kappa shape index (κ3) is 3.29. The van der Waals surface area contributed by atoms with Gasteiger partial charge in [0, 0.05) is 17.9 Å². The highest BCUT2D eigenvalue weighted by molar-refractivity contribution is 6.89. The molecule has 0 fully saturated rings. The van der Waals surface area contributed by atoms with Gasteiger partial charge in [0.2, 0.25) is 0 Å². The lowest BCUT2D eigenvalue weighted by Gasteiger charge is -2.23. The van der Waals surface area contributed by atoms with Gasteiger partial charge in [-0.2, -0.15) is 0 Å². The number of benzene rings is 1. The molecule has 0 aliphatic rings. The van der Waals surface area contributed by atoms with E-state index in [0.717, 1.165) is 5.19 Å². The molecule has 0 saturated carbocycles. The van der Waals surface area contributed by atoms with Crippen LogP contribution in [0.4, 0.5) is 4.39 Å². The summed E-state index contributed by atoms with van der Waals surface area (Å²) in [7, 11) is -0.202. The van der Waals surface area contributed by atoms with Crippen LogP contribution in [-0.2, 0) is 11.3 Å². The molecule has 0 unspecified atom stereocenters. The SMILES string of the molecule is CCOc1ccc(COC)c(F)c1[Si](C)(C)C. The van der Waals surface area contributed by atoms with Crippen molar-refractivity contribution >= 4 is 13.3 Å². The summed E-state index contributed by atoms with van der Waals surface area (Å²) in [6.07, 6.45) is 0. The van der Waals surface area contributed by atoms with Crippen LogP contribution in [0.25, 0.3) is 0 Å². The van der Waals surface area contributed by atoms with Crippen LogP contribution in [0.2, 0.25) is 19.6 Å². The van der Waals surface area contributed by atoms with Crippen molar-refractivity contribution in [3.63, 3.8) is 0 Å². The molecule has 0 atom stereocenters. The maximum atomic E-state index is 14.4. The Kier molecular flexibility index (Phi) is 4.71. The quantitative estimate of drug-likeness (QED) is 0.754. The standard InChI is InChI=1S/C13H21FO2Si/c1-6-16-11-8-7-10(9-15-2)12(14)13(11)17(3,4)5/h7-8H,6,9H2,1-5H3. The molecule has 2 nitrogen and oxygen atoms in total. The van der Waals surface area contributed by atoms with Crippen LogP contribution >= 0.6 is 0 Å². The molecule has 0 bridgehead atoms. The second-order valence-electron chi connectivity index (χ2n) is 5.03. The topological polar surface area (TPSA) is 18.5 Å². The molecule has 0 amide bonds. The molecule has 0 heterocycles. The first-order valence-electron chi connectivity index (χ1n) is 5.85. The van der Waals surface area contributed by atoms with Crippen molar-refractivity contribution in [1.82, 2.24) is 0 Å². The van der Waals surface area contributed by atoms with Crippen molar-refractivity contribution < 1.29 is 13.9 Å². The largest absolute Gasteiger partial charge is 0.494 e. The van der Waals surface area contributed by atoms with Gasteiger partial charge >= 0.3 is 0 Å². The van der Waals surface area contributed by atoms with Crippen LogP contribution in [0.1, 0.15) is 12.5 Å². The molecule has 0 aliphatic heterocycles. The van der Waals surface area contributed by atoms with E-state index in [0.29, 0.717) is 24.5 Å². The Bertz CT molecular complexity index is 386. The molecule has 0 saturated heterocycles. The predicted octanol–water partition coefficient (Wildman–Crippen LogP) is 2.92. The van der Waals surface area contributed by atoms with E-state index in [1.54, 1.807) is 13.2 Å². The van der Waals surface area contributed by atoms with Gasteiger partial charge in [-0.15, -0.1) is 0 Å². The first kappa shape index (κ1) is 14.2. The number of ether oxygens (including phenoxy) is 2. The summed E-state index contributed by atoms with van der Waals surface area (Å²) in [6, 6.07) is 3.60. The van der Waals surface area contributed by atoms with E-state index in [2.05, 4.69) is 19.6 Å². The van der Waals surface area contributed by atoms with Gasteiger partial charge in [0.25, 0.3) is 0 Å². The minimum atomic E-state index is -1.78. The maximum absolute atomic E-state index is 14.4. The van der Waals surface area contributed by atoms with Crippen molar-refractivity contribution in [2.24, 2.45) is 0 Å². The van der Waals surface area contributed by atoms with E-state index in [1.807, 2.05) is 13.0 Å². The Balaban J connectivity index is 3.31. The zero-order valence-corrected chi connectivity index (χ0v) is 12.3. The molecule has 0 radical (unpaired) electrons. The summed E-state index contributed by atoms with van der Waals surface area (Å²) in [4.78, 5) is 0. The minimum absolute atomic E-state index is 0.156. The summed E-state index contributed by atoms with van der Waals surface area (Å²) in [5.41, 5.74) is 0.605. The van der Waals surface area contributed by atoms with Crippen LogP contribution < -0.4 is 9.92 Å². The normalized spacial score (nSPS) is 11.6. The second kappa shape index (κ2) is 5.64. The average Bonchev–Trinajstić information content (AvgIpc) is 2.21. The van der Waals surface area contributed by atoms with E-state index < -0.39 is 8.07 Å². The molecule has 0 aromatic heterocycles. The lowest BCUT2D eigenvalue weighted by molar-refractivity contribution is 0.181. The average molecular weight is 256 g/mol. The molecule has 0 spiro atoms. The van der Waals surface area contributed by atoms with Gasteiger partial charge in [-0.05, 0) is 13.0 Å². The van der Waals surface area contributed by atoms with E-state index in [1.165, 1.54) is 0 Å². The fourth-order valence-electron chi connectivity index (χ4n) is 1.84. The molecule has 4 heteroatoms. The van der Waals surface area contributed by atoms with E-state index in [4.69, 9.17) is 9.47 Å². The Morgan fingerprint density at radius 1 is 1.24 bits per heavy atom. The number of rotatable bonds is 5. The minimum Gasteiger partial charge on any atom is -0.494 e. The van der Waals surface area contributed by atoms with Gasteiger partial charge in [-0.25, -0.2) is 4.39 Å². The van der Waals surface area contributed by atoms with Gasteiger partial charge in [-0.3, -0.25) is 0 Å². The highest BCUT2D eigenvalue weighted by Gasteiger charge is 2.27. The predicted molar refractivity (Wildman–Crippen MR) is 71.3 cm³/mol. The zero-order valence-electron chi connectivity index (χ0n) is 11.3. The molecule has 17 heavy (non-hydrogen) atoms. The Morgan fingerprint density at radius 3 is 2.35 bits per heavy atom. The monoisotopic (exact) mass is 256 g/mol. The summed E-state index contributed by atoms with van der Waals surface area (Å²) in [5.74, 6) is 0.529. The number of methoxy groups -OCH3 is 1. The lowest BCUT2D eigenvalue weighted by Crippen LogP contribution is -2.41. The molecular weight excluding hydrogens is 235 g/mol. The number of halogens is 1. The zero-order chi connectivity index (χ0) is 13.1. The van der Waals surface area contributed by atoms with Crippen molar-refractivity contribution in [3.8, 4) is 5.75 Å². The summed E-state index contributed by atoms with van der Waals surface area (Å²) < 4.78 is 25.0. The fraction of sp³-hybridized carbons (Fsp3) is 0.538. The Labute approximate surface area is 104 Å². The van der Waals surface area contributed by atoms with Crippen LogP contribution in [0.15, 0.2) is 12.1 Å². The summed E-state index contributed by atoms with van der Waals surface area (Å²) in [6.45, 7) is 9.12. The van der Waals surface area contributed by atoms with Crippen molar-refractivity contribution in [1.29, 1.82) is 0 Å². The summed E-state index contributed by atoms with van der Waals surface area (Å²) in [5, 5.41) is 0.758. The first-order chi connectivity index (χ1) is 7.91. The van der Waals surface area contributed by atoms with Crippen LogP contribution in [0, 0.1) is 5.82 Å². The second-order valence-corrected chi connectivity index (χ2v) is 10.0. The molecule has 0 N–H and O–H groups in total. The molecule has 1 aromatic carbocycles. The van der Waals surface area contributed by atoms with Gasteiger partial charge in [0.15, 0.2) is 0 Å². The molecule has 0 aliphatic carbocycles. The highest BCUT2D eigenvalue weighted by atomic mass is 28.3. The third-order valence-corrected chi connectivity index (χ3v) is 4.50. The summed E-state index contributed by atoms with van der Waals surface area (Å²) >= 11 is 0. The van der Waals surface area contributed by atoms with Crippen molar-refractivity contribution in [3.05, 3.63) is 23.5 Å². The molecule has 96 valence electrons. The smallest absolute Gasteiger partial charge is 0.131 e. The fourth-order valence-corrected chi connectivity index (χ4v) is 3.56. The molecular formula is C13H21FO2Si. The third-order valence-electron chi connectivity index (χ3n) is 2.53. The van der Waals surface area contributed by atoms with Crippen LogP contribution in [-0.4, -0.2) is 21.8 Å². The van der Waals surface area contributed by atoms with Gasteiger partial charge < -0.3 is 9.47 Å². The lowest BCUT2D eigenvalue weighted by atomic mass is 10.2. The Hall–Kier alpha value is -0.873. The Morgan fingerprint density at radius 2 is 1.88 bits per heavy atom. The van der Waals surface area contributed by atoms with E-state index >= 15 is 0 Å². The number of hydrogen-bond donors (Lipinski definition) is 0. The van der Waals surface area contributed by atoms with Gasteiger partial charge in [-0.1, -0.05) is 25.7 Å². The van der Waals surface area contributed by atoms with Crippen molar-refractivity contribution in [2.75, 3.05) is 13.7 Å².